The molecule has 1 saturated heterocycles. The molecule has 162 valence electrons. The summed E-state index contributed by atoms with van der Waals surface area (Å²) in [5.74, 6) is 0. The highest BCUT2D eigenvalue weighted by atomic mass is 28.4. The smallest absolute Gasteiger partial charge is 0.410 e. The molecule has 0 saturated carbocycles. The van der Waals surface area contributed by atoms with Gasteiger partial charge in [-0.15, -0.1) is 0 Å². The molecule has 0 aromatic heterocycles. The summed E-state index contributed by atoms with van der Waals surface area (Å²) in [6, 6.07) is -0.365. The molecule has 1 amide bonds. The highest BCUT2D eigenvalue weighted by Gasteiger charge is 2.46. The van der Waals surface area contributed by atoms with Crippen molar-refractivity contribution in [2.75, 3.05) is 13.1 Å². The zero-order chi connectivity index (χ0) is 21.8. The van der Waals surface area contributed by atoms with Crippen LogP contribution in [-0.4, -0.2) is 61.4 Å². The minimum atomic E-state index is -2.00. The van der Waals surface area contributed by atoms with Crippen LogP contribution >= 0.6 is 0 Å². The van der Waals surface area contributed by atoms with Crippen molar-refractivity contribution in [1.29, 1.82) is 0 Å². The molecule has 0 aliphatic carbocycles. The van der Waals surface area contributed by atoms with Gasteiger partial charge < -0.3 is 14.3 Å². The Labute approximate surface area is 170 Å². The second-order valence-corrected chi connectivity index (χ2v) is 14.9. The van der Waals surface area contributed by atoms with Crippen molar-refractivity contribution in [3.8, 4) is 0 Å². The monoisotopic (exact) mass is 414 g/mol. The fourth-order valence-electron chi connectivity index (χ4n) is 3.01. The van der Waals surface area contributed by atoms with Gasteiger partial charge in [0.15, 0.2) is 8.32 Å². The van der Waals surface area contributed by atoms with Crippen molar-refractivity contribution in [3.63, 3.8) is 0 Å². The summed E-state index contributed by atoms with van der Waals surface area (Å²) in [6.45, 7) is 17.2. The van der Waals surface area contributed by atoms with E-state index in [0.717, 1.165) is 0 Å². The Morgan fingerprint density at radius 1 is 1.32 bits per heavy atom. The molecule has 1 unspecified atom stereocenters. The number of rotatable bonds is 7. The maximum Gasteiger partial charge on any atom is 0.410 e. The van der Waals surface area contributed by atoms with E-state index in [4.69, 9.17) is 14.7 Å². The molecular weight excluding hydrogens is 376 g/mol. The number of aliphatic hydroxyl groups excluding tert-OH is 1. The van der Waals surface area contributed by atoms with Crippen molar-refractivity contribution in [3.05, 3.63) is 10.4 Å². The van der Waals surface area contributed by atoms with E-state index in [1.807, 2.05) is 20.8 Å². The zero-order valence-corrected chi connectivity index (χ0v) is 19.7. The molecule has 1 fully saturated rings. The quantitative estimate of drug-likeness (QED) is 0.211. The highest BCUT2D eigenvalue weighted by Crippen LogP contribution is 2.39. The largest absolute Gasteiger partial charge is 0.444 e. The van der Waals surface area contributed by atoms with E-state index in [9.17, 15) is 9.90 Å². The molecule has 1 rings (SSSR count). The second kappa shape index (κ2) is 9.48. The number of hydrogen-bond donors (Lipinski definition) is 1. The van der Waals surface area contributed by atoms with Gasteiger partial charge in [-0.3, -0.25) is 4.90 Å². The lowest BCUT2D eigenvalue weighted by Crippen LogP contribution is -2.46. The third kappa shape index (κ3) is 7.27. The summed E-state index contributed by atoms with van der Waals surface area (Å²) in [5.41, 5.74) is 7.78. The average molecular weight is 415 g/mol. The molecule has 28 heavy (non-hydrogen) atoms. The number of carbonyl (C=O) groups is 1. The lowest BCUT2D eigenvalue weighted by Gasteiger charge is -2.38. The summed E-state index contributed by atoms with van der Waals surface area (Å²) in [7, 11) is -2.00. The molecule has 1 heterocycles. The zero-order valence-electron chi connectivity index (χ0n) is 18.7. The van der Waals surface area contributed by atoms with Crippen LogP contribution < -0.4 is 0 Å². The van der Waals surface area contributed by atoms with Crippen LogP contribution in [0.2, 0.25) is 18.1 Å². The fourth-order valence-corrected chi connectivity index (χ4v) is 4.37. The van der Waals surface area contributed by atoms with Gasteiger partial charge in [-0.1, -0.05) is 25.9 Å². The first kappa shape index (κ1) is 24.8. The van der Waals surface area contributed by atoms with Crippen LogP contribution in [0.3, 0.4) is 0 Å². The van der Waals surface area contributed by atoms with Crippen LogP contribution in [0.25, 0.3) is 10.4 Å². The molecule has 8 nitrogen and oxygen atoms in total. The molecule has 0 bridgehead atoms. The van der Waals surface area contributed by atoms with Crippen LogP contribution in [0.4, 0.5) is 4.79 Å². The second-order valence-electron chi connectivity index (χ2n) is 10.1. The van der Waals surface area contributed by atoms with Gasteiger partial charge in [0.05, 0.1) is 18.2 Å². The van der Waals surface area contributed by atoms with Crippen molar-refractivity contribution in [2.45, 2.75) is 103 Å². The molecule has 9 heteroatoms. The van der Waals surface area contributed by atoms with E-state index in [1.165, 1.54) is 0 Å². The van der Waals surface area contributed by atoms with Crippen LogP contribution in [0, 0.1) is 0 Å². The van der Waals surface area contributed by atoms with Gasteiger partial charge in [-0.2, -0.15) is 0 Å². The Bertz CT molecular complexity index is 579. The van der Waals surface area contributed by atoms with Gasteiger partial charge >= 0.3 is 6.09 Å². The predicted molar refractivity (Wildman–Crippen MR) is 113 cm³/mol. The van der Waals surface area contributed by atoms with E-state index >= 15 is 0 Å². The molecule has 0 aromatic carbocycles. The Balaban J connectivity index is 2.91. The minimum absolute atomic E-state index is 0.0652. The SMILES string of the molecule is CC(C)(C)OC(=O)N1C[C@H](O[Si](C)(C)C(C)(C)C)C[C@H]1C(O)CCCN=[N+]=[N-]. The van der Waals surface area contributed by atoms with Crippen LogP contribution in [-0.2, 0) is 9.16 Å². The Morgan fingerprint density at radius 2 is 1.93 bits per heavy atom. The third-order valence-corrected chi connectivity index (χ3v) is 10.0. The molecule has 0 radical (unpaired) electrons. The standard InChI is InChI=1S/C19H38N4O4Si/c1-18(2,3)26-17(25)23-13-14(27-28(7,8)19(4,5)6)12-15(23)16(24)10-9-11-21-22-20/h14-16,24H,9-13H2,1-8H3/t14-,15+,16?/m1/s1. The normalized spacial score (nSPS) is 22.0. The van der Waals surface area contributed by atoms with Gasteiger partial charge in [0.2, 0.25) is 0 Å². The number of likely N-dealkylation sites (tertiary alicyclic amines) is 1. The van der Waals surface area contributed by atoms with Gasteiger partial charge in [-0.25, -0.2) is 4.79 Å². The predicted octanol–water partition coefficient (Wildman–Crippen LogP) is 4.84. The Kier molecular flexibility index (Phi) is 8.38. The summed E-state index contributed by atoms with van der Waals surface area (Å²) in [5, 5.41) is 14.3. The molecule has 1 aliphatic heterocycles. The molecular formula is C19H38N4O4Si. The summed E-state index contributed by atoms with van der Waals surface area (Å²) in [4.78, 5) is 17.1. The Morgan fingerprint density at radius 3 is 2.43 bits per heavy atom. The lowest BCUT2D eigenvalue weighted by atomic mass is 10.0. The number of carbonyl (C=O) groups excluding carboxylic acids is 1. The first-order valence-corrected chi connectivity index (χ1v) is 12.9. The molecule has 3 atom stereocenters. The molecule has 1 N–H and O–H groups in total. The van der Waals surface area contributed by atoms with E-state index in [-0.39, 0.29) is 17.2 Å². The van der Waals surface area contributed by atoms with Gasteiger partial charge in [0, 0.05) is 18.0 Å². The van der Waals surface area contributed by atoms with Gasteiger partial charge in [-0.05, 0) is 63.7 Å². The van der Waals surface area contributed by atoms with Crippen LogP contribution in [0.15, 0.2) is 5.11 Å². The van der Waals surface area contributed by atoms with Crippen molar-refractivity contribution >= 4 is 14.4 Å². The van der Waals surface area contributed by atoms with E-state index in [1.54, 1.807) is 4.90 Å². The minimum Gasteiger partial charge on any atom is -0.444 e. The number of hydrogen-bond acceptors (Lipinski definition) is 5. The van der Waals surface area contributed by atoms with Gasteiger partial charge in [0.1, 0.15) is 5.60 Å². The van der Waals surface area contributed by atoms with Crippen molar-refractivity contribution in [1.82, 2.24) is 4.90 Å². The maximum absolute atomic E-state index is 12.7. The van der Waals surface area contributed by atoms with Crippen LogP contribution in [0.1, 0.15) is 60.8 Å². The van der Waals surface area contributed by atoms with E-state index < -0.39 is 26.1 Å². The first-order valence-electron chi connectivity index (χ1n) is 10.0. The molecule has 0 aromatic rings. The lowest BCUT2D eigenvalue weighted by molar-refractivity contribution is 0.00334. The Hall–Kier alpha value is -1.28. The van der Waals surface area contributed by atoms with Gasteiger partial charge in [0.25, 0.3) is 0 Å². The van der Waals surface area contributed by atoms with E-state index in [2.05, 4.69) is 43.9 Å². The first-order chi connectivity index (χ1) is 12.7. The third-order valence-electron chi connectivity index (χ3n) is 5.47. The summed E-state index contributed by atoms with van der Waals surface area (Å²) in [6.07, 6.45) is 0.342. The number of ether oxygens (including phenoxy) is 1. The van der Waals surface area contributed by atoms with Crippen molar-refractivity contribution < 1.29 is 19.1 Å². The molecule has 0 spiro atoms. The number of amides is 1. The number of aliphatic hydroxyl groups is 1. The topological polar surface area (TPSA) is 108 Å². The van der Waals surface area contributed by atoms with E-state index in [0.29, 0.717) is 32.4 Å². The number of nitrogens with zero attached hydrogens (tertiary/aromatic N) is 4. The average Bonchev–Trinajstić information content (AvgIpc) is 2.92. The highest BCUT2D eigenvalue weighted by molar-refractivity contribution is 6.74. The maximum atomic E-state index is 12.7. The van der Waals surface area contributed by atoms with Crippen molar-refractivity contribution in [2.24, 2.45) is 5.11 Å². The summed E-state index contributed by atoms with van der Waals surface area (Å²) < 4.78 is 12.1. The summed E-state index contributed by atoms with van der Waals surface area (Å²) >= 11 is 0. The fraction of sp³-hybridized carbons (Fsp3) is 0.947. The number of azide groups is 1. The van der Waals surface area contributed by atoms with Crippen LogP contribution in [0.5, 0.6) is 0 Å². The molecule has 1 aliphatic rings.